The molecule has 2 aromatic rings. The molecule has 0 atom stereocenters. The lowest BCUT2D eigenvalue weighted by atomic mass is 10.1. The molecule has 0 unspecified atom stereocenters. The molecule has 0 saturated heterocycles. The number of hydrogen-bond donors (Lipinski definition) is 3. The van der Waals surface area contributed by atoms with Gasteiger partial charge in [-0.3, -0.25) is 9.59 Å². The first-order chi connectivity index (χ1) is 12.6. The summed E-state index contributed by atoms with van der Waals surface area (Å²) in [5, 5.41) is 14.3. The highest BCUT2D eigenvalue weighted by molar-refractivity contribution is 6.33. The third-order valence-electron chi connectivity index (χ3n) is 4.23. The van der Waals surface area contributed by atoms with Crippen LogP contribution in [0.25, 0.3) is 11.4 Å². The summed E-state index contributed by atoms with van der Waals surface area (Å²) in [6, 6.07) is 5.19. The van der Waals surface area contributed by atoms with Gasteiger partial charge in [-0.2, -0.15) is 0 Å². The first-order valence-electron chi connectivity index (χ1n) is 8.57. The third-order valence-corrected chi connectivity index (χ3v) is 4.56. The van der Waals surface area contributed by atoms with Gasteiger partial charge in [0.2, 0.25) is 11.8 Å². The van der Waals surface area contributed by atoms with Crippen LogP contribution in [0, 0.1) is 0 Å². The molecule has 1 aromatic heterocycles. The van der Waals surface area contributed by atoms with Crippen molar-refractivity contribution in [1.82, 2.24) is 20.1 Å². The van der Waals surface area contributed by atoms with Crippen molar-refractivity contribution in [2.24, 2.45) is 5.73 Å². The Labute approximate surface area is 180 Å². The molecule has 0 bridgehead atoms. The molecule has 2 heterocycles. The number of hydrogen-bond acceptors (Lipinski definition) is 5. The summed E-state index contributed by atoms with van der Waals surface area (Å²) in [4.78, 5) is 23.1. The molecule has 1 aliphatic heterocycles. The van der Waals surface area contributed by atoms with Gasteiger partial charge < -0.3 is 20.9 Å². The third kappa shape index (κ3) is 5.81. The van der Waals surface area contributed by atoms with E-state index >= 15 is 0 Å². The predicted octanol–water partition coefficient (Wildman–Crippen LogP) is 2.18. The Bertz CT molecular complexity index is 827. The van der Waals surface area contributed by atoms with Crippen LogP contribution in [0.1, 0.15) is 25.1 Å². The van der Waals surface area contributed by atoms with Crippen LogP contribution in [0.3, 0.4) is 0 Å². The maximum absolute atomic E-state index is 12.0. The summed E-state index contributed by atoms with van der Waals surface area (Å²) in [5.41, 5.74) is 6.49. The van der Waals surface area contributed by atoms with E-state index in [0.717, 1.165) is 37.2 Å². The molecule has 28 heavy (non-hydrogen) atoms. The minimum atomic E-state index is -0.386. The average Bonchev–Trinajstić information content (AvgIpc) is 2.89. The molecule has 8 nitrogen and oxygen atoms in total. The Morgan fingerprint density at radius 3 is 2.68 bits per heavy atom. The highest BCUT2D eigenvalue weighted by Crippen LogP contribution is 2.31. The fraction of sp³-hybridized carbons (Fsp3) is 0.412. The number of nitrogens with two attached hydrogens (primary N) is 1. The van der Waals surface area contributed by atoms with Gasteiger partial charge in [0.1, 0.15) is 5.82 Å². The minimum Gasteiger partial charge on any atom is -0.346 e. The van der Waals surface area contributed by atoms with Crippen molar-refractivity contribution in [3.8, 4) is 11.4 Å². The van der Waals surface area contributed by atoms with Crippen LogP contribution < -0.4 is 16.4 Å². The summed E-state index contributed by atoms with van der Waals surface area (Å²) < 4.78 is 2.10. The molecule has 11 heteroatoms. The van der Waals surface area contributed by atoms with Crippen molar-refractivity contribution in [3.63, 3.8) is 0 Å². The summed E-state index contributed by atoms with van der Waals surface area (Å²) in [6.07, 6.45) is 4.26. The number of amides is 2. The van der Waals surface area contributed by atoms with E-state index in [9.17, 15) is 9.59 Å². The van der Waals surface area contributed by atoms with Crippen LogP contribution >= 0.6 is 36.4 Å². The van der Waals surface area contributed by atoms with Crippen LogP contribution in [-0.4, -0.2) is 39.7 Å². The predicted molar refractivity (Wildman–Crippen MR) is 113 cm³/mol. The highest BCUT2D eigenvalue weighted by atomic mass is 35.5. The van der Waals surface area contributed by atoms with E-state index in [1.165, 1.54) is 6.42 Å². The standard InChI is InChI=1S/C17H21ClN6O2.2ClH/c18-13-6-5-11(21-16(26)10-20-15(25)9-19)8-12(13)17-23-22-14-4-2-1-3-7-24(14)17;;/h5-6,8H,1-4,7,9-10,19H2,(H,20,25)(H,21,26);2*1H. The Morgan fingerprint density at radius 1 is 1.14 bits per heavy atom. The van der Waals surface area contributed by atoms with E-state index < -0.39 is 0 Å². The number of benzene rings is 1. The van der Waals surface area contributed by atoms with E-state index in [0.29, 0.717) is 16.5 Å². The van der Waals surface area contributed by atoms with Crippen LogP contribution in [0.5, 0.6) is 0 Å². The number of carbonyl (C=O) groups excluding carboxylic acids is 2. The molecule has 4 N–H and O–H groups in total. The van der Waals surface area contributed by atoms with Crippen LogP contribution in [-0.2, 0) is 22.6 Å². The monoisotopic (exact) mass is 448 g/mol. The van der Waals surface area contributed by atoms with Gasteiger partial charge in [0.05, 0.1) is 18.1 Å². The average molecular weight is 450 g/mol. The fourth-order valence-corrected chi connectivity index (χ4v) is 3.12. The van der Waals surface area contributed by atoms with Crippen molar-refractivity contribution < 1.29 is 9.59 Å². The molecule has 0 aliphatic carbocycles. The fourth-order valence-electron chi connectivity index (χ4n) is 2.91. The maximum atomic E-state index is 12.0. The molecule has 0 saturated carbocycles. The quantitative estimate of drug-likeness (QED) is 0.647. The normalized spacial score (nSPS) is 12.6. The molecule has 1 aromatic carbocycles. The zero-order valence-corrected chi connectivity index (χ0v) is 17.5. The lowest BCUT2D eigenvalue weighted by Crippen LogP contribution is -2.36. The molecular formula is C17H23Cl3N6O2. The molecule has 2 amide bonds. The first-order valence-corrected chi connectivity index (χ1v) is 8.95. The van der Waals surface area contributed by atoms with Gasteiger partial charge in [-0.1, -0.05) is 18.0 Å². The van der Waals surface area contributed by atoms with Crippen molar-refractivity contribution in [2.75, 3.05) is 18.4 Å². The SMILES string of the molecule is Cl.Cl.NCC(=O)NCC(=O)Nc1ccc(Cl)c(-c2nnc3n2CCCCC3)c1. The lowest BCUT2D eigenvalue weighted by molar-refractivity contribution is -0.123. The van der Waals surface area contributed by atoms with Gasteiger partial charge in [-0.25, -0.2) is 0 Å². The minimum absolute atomic E-state index is 0. The number of anilines is 1. The van der Waals surface area contributed by atoms with Gasteiger partial charge in [0.25, 0.3) is 0 Å². The van der Waals surface area contributed by atoms with Crippen molar-refractivity contribution in [2.45, 2.75) is 32.2 Å². The van der Waals surface area contributed by atoms with Crippen molar-refractivity contribution >= 4 is 53.9 Å². The first kappa shape index (κ1) is 24.2. The highest BCUT2D eigenvalue weighted by Gasteiger charge is 2.18. The zero-order valence-electron chi connectivity index (χ0n) is 15.1. The summed E-state index contributed by atoms with van der Waals surface area (Å²) in [6.45, 7) is 0.556. The number of nitrogens with zero attached hydrogens (tertiary/aromatic N) is 3. The molecule has 0 fully saturated rings. The number of halogens is 3. The van der Waals surface area contributed by atoms with Gasteiger partial charge >= 0.3 is 0 Å². The van der Waals surface area contributed by atoms with Crippen molar-refractivity contribution in [1.29, 1.82) is 0 Å². The molecule has 154 valence electrons. The molecule has 0 spiro atoms. The Balaban J connectivity index is 0.00000196. The number of aryl methyl sites for hydroxylation is 1. The molecule has 1 aliphatic rings. The smallest absolute Gasteiger partial charge is 0.243 e. The number of rotatable bonds is 5. The Morgan fingerprint density at radius 2 is 1.93 bits per heavy atom. The zero-order chi connectivity index (χ0) is 18.5. The van der Waals surface area contributed by atoms with Gasteiger partial charge in [-0.15, -0.1) is 35.0 Å². The van der Waals surface area contributed by atoms with Gasteiger partial charge in [-0.05, 0) is 31.0 Å². The summed E-state index contributed by atoms with van der Waals surface area (Å²) in [7, 11) is 0. The number of fused-ring (bicyclic) bond motifs is 1. The van der Waals surface area contributed by atoms with E-state index in [1.807, 2.05) is 0 Å². The number of carbonyl (C=O) groups is 2. The topological polar surface area (TPSA) is 115 Å². The van der Waals surface area contributed by atoms with E-state index in [4.69, 9.17) is 17.3 Å². The maximum Gasteiger partial charge on any atom is 0.243 e. The second-order valence-electron chi connectivity index (χ2n) is 6.13. The largest absolute Gasteiger partial charge is 0.346 e. The van der Waals surface area contributed by atoms with Crippen LogP contribution in [0.4, 0.5) is 5.69 Å². The molecule has 3 rings (SSSR count). The van der Waals surface area contributed by atoms with Crippen molar-refractivity contribution in [3.05, 3.63) is 29.0 Å². The lowest BCUT2D eigenvalue weighted by Gasteiger charge is -2.11. The number of nitrogens with one attached hydrogen (secondary N) is 2. The second-order valence-corrected chi connectivity index (χ2v) is 6.53. The van der Waals surface area contributed by atoms with E-state index in [2.05, 4.69) is 25.4 Å². The van der Waals surface area contributed by atoms with Crippen LogP contribution in [0.2, 0.25) is 5.02 Å². The summed E-state index contributed by atoms with van der Waals surface area (Å²) in [5.74, 6) is 0.940. The van der Waals surface area contributed by atoms with Gasteiger partial charge in [0, 0.05) is 24.2 Å². The van der Waals surface area contributed by atoms with E-state index in [-0.39, 0.29) is 49.7 Å². The summed E-state index contributed by atoms with van der Waals surface area (Å²) >= 11 is 6.36. The van der Waals surface area contributed by atoms with Crippen LogP contribution in [0.15, 0.2) is 18.2 Å². The van der Waals surface area contributed by atoms with E-state index in [1.54, 1.807) is 18.2 Å². The Kier molecular flexibility index (Phi) is 9.68. The second kappa shape index (κ2) is 11.2. The van der Waals surface area contributed by atoms with Gasteiger partial charge in [0.15, 0.2) is 5.82 Å². The number of aromatic nitrogens is 3. The Hall–Kier alpha value is -1.87. The molecule has 0 radical (unpaired) electrons. The molecular weight excluding hydrogens is 427 g/mol.